The number of hydrogen-bond donors (Lipinski definition) is 2. The summed E-state index contributed by atoms with van der Waals surface area (Å²) in [6.45, 7) is 3.16. The van der Waals surface area contributed by atoms with Crippen molar-refractivity contribution >= 4 is 21.7 Å². The highest BCUT2D eigenvalue weighted by Crippen LogP contribution is 2.37. The van der Waals surface area contributed by atoms with Crippen LogP contribution in [0.3, 0.4) is 0 Å². The van der Waals surface area contributed by atoms with Crippen LogP contribution in [0.4, 0.5) is 5.82 Å². The smallest absolute Gasteiger partial charge is 0.267 e. The van der Waals surface area contributed by atoms with Crippen molar-refractivity contribution in [3.05, 3.63) is 21.2 Å². The molecule has 1 aliphatic rings. The van der Waals surface area contributed by atoms with Crippen LogP contribution < -0.4 is 10.9 Å². The van der Waals surface area contributed by atoms with E-state index in [0.717, 1.165) is 6.54 Å². The zero-order valence-corrected chi connectivity index (χ0v) is 10.9. The number of rotatable bonds is 3. The highest BCUT2D eigenvalue weighted by Gasteiger charge is 2.28. The summed E-state index contributed by atoms with van der Waals surface area (Å²) in [4.78, 5) is 18.0. The van der Waals surface area contributed by atoms with Gasteiger partial charge in [-0.05, 0) is 34.2 Å². The third-order valence-electron chi connectivity index (χ3n) is 3.29. The summed E-state index contributed by atoms with van der Waals surface area (Å²) in [6, 6.07) is 0. The van der Waals surface area contributed by atoms with E-state index in [4.69, 9.17) is 0 Å². The van der Waals surface area contributed by atoms with Gasteiger partial charge >= 0.3 is 0 Å². The van der Waals surface area contributed by atoms with Crippen molar-refractivity contribution in [1.29, 1.82) is 0 Å². The van der Waals surface area contributed by atoms with Gasteiger partial charge in [0.1, 0.15) is 10.3 Å². The number of anilines is 1. The lowest BCUT2D eigenvalue weighted by atomic mass is 9.89. The molecule has 0 radical (unpaired) electrons. The van der Waals surface area contributed by atoms with E-state index in [1.807, 2.05) is 0 Å². The summed E-state index contributed by atoms with van der Waals surface area (Å²) in [7, 11) is 0. The summed E-state index contributed by atoms with van der Waals surface area (Å²) in [5.41, 5.74) is 0.207. The van der Waals surface area contributed by atoms with E-state index in [0.29, 0.717) is 15.7 Å². The molecule has 0 amide bonds. The molecular formula is C11H16BrN3O. The molecule has 0 spiro atoms. The standard InChI is InChI=1S/C11H16BrN3O/c1-11(4-2-3-5-11)6-13-9-8(12)10(16)15-7-14-9/h7H,2-6H2,1H3,(H2,13,14,15,16). The average molecular weight is 286 g/mol. The summed E-state index contributed by atoms with van der Waals surface area (Å²) in [5, 5.41) is 3.26. The number of aromatic nitrogens is 2. The minimum atomic E-state index is -0.144. The number of hydrogen-bond acceptors (Lipinski definition) is 3. The summed E-state index contributed by atoms with van der Waals surface area (Å²) < 4.78 is 0.483. The van der Waals surface area contributed by atoms with E-state index in [1.165, 1.54) is 32.0 Å². The maximum atomic E-state index is 11.3. The van der Waals surface area contributed by atoms with Crippen molar-refractivity contribution in [2.75, 3.05) is 11.9 Å². The topological polar surface area (TPSA) is 57.8 Å². The summed E-state index contributed by atoms with van der Waals surface area (Å²) >= 11 is 3.24. The highest BCUT2D eigenvalue weighted by atomic mass is 79.9. The number of H-pyrrole nitrogens is 1. The number of aromatic amines is 1. The van der Waals surface area contributed by atoms with E-state index in [2.05, 4.69) is 38.1 Å². The Kier molecular flexibility index (Phi) is 3.33. The summed E-state index contributed by atoms with van der Waals surface area (Å²) in [5.74, 6) is 0.636. The monoisotopic (exact) mass is 285 g/mol. The van der Waals surface area contributed by atoms with Crippen LogP contribution in [-0.4, -0.2) is 16.5 Å². The van der Waals surface area contributed by atoms with Crippen molar-refractivity contribution in [3.63, 3.8) is 0 Å². The van der Waals surface area contributed by atoms with Crippen LogP contribution in [0.25, 0.3) is 0 Å². The van der Waals surface area contributed by atoms with E-state index >= 15 is 0 Å². The van der Waals surface area contributed by atoms with Gasteiger partial charge in [0.2, 0.25) is 0 Å². The van der Waals surface area contributed by atoms with Gasteiger partial charge in [-0.2, -0.15) is 0 Å². The molecule has 16 heavy (non-hydrogen) atoms. The van der Waals surface area contributed by atoms with E-state index < -0.39 is 0 Å². The van der Waals surface area contributed by atoms with Gasteiger partial charge in [0.25, 0.3) is 5.56 Å². The third kappa shape index (κ3) is 2.45. The Bertz CT molecular complexity index is 423. The van der Waals surface area contributed by atoms with Crippen molar-refractivity contribution in [1.82, 2.24) is 9.97 Å². The minimum absolute atomic E-state index is 0.144. The second-order valence-electron chi connectivity index (χ2n) is 4.77. The van der Waals surface area contributed by atoms with E-state index in [1.54, 1.807) is 0 Å². The van der Waals surface area contributed by atoms with Gasteiger partial charge in [0.15, 0.2) is 0 Å². The maximum absolute atomic E-state index is 11.3. The molecule has 5 heteroatoms. The van der Waals surface area contributed by atoms with E-state index in [9.17, 15) is 4.79 Å². The van der Waals surface area contributed by atoms with Crippen LogP contribution in [0.2, 0.25) is 0 Å². The Hall–Kier alpha value is -0.840. The SMILES string of the molecule is CC1(CNc2nc[nH]c(=O)c2Br)CCCC1. The number of nitrogens with one attached hydrogen (secondary N) is 2. The molecule has 88 valence electrons. The molecule has 1 aromatic heterocycles. The fourth-order valence-electron chi connectivity index (χ4n) is 2.21. The normalized spacial score (nSPS) is 18.6. The van der Waals surface area contributed by atoms with Crippen LogP contribution in [0.15, 0.2) is 15.6 Å². The van der Waals surface area contributed by atoms with Gasteiger partial charge in [0, 0.05) is 6.54 Å². The van der Waals surface area contributed by atoms with Crippen LogP contribution in [0.1, 0.15) is 32.6 Å². The number of halogens is 1. The number of nitrogens with zero attached hydrogens (tertiary/aromatic N) is 1. The first kappa shape index (κ1) is 11.6. The molecule has 2 N–H and O–H groups in total. The first-order valence-electron chi connectivity index (χ1n) is 5.58. The second kappa shape index (κ2) is 4.57. The molecule has 2 rings (SSSR count). The van der Waals surface area contributed by atoms with Gasteiger partial charge in [-0.1, -0.05) is 19.8 Å². The molecular weight excluding hydrogens is 270 g/mol. The van der Waals surface area contributed by atoms with E-state index in [-0.39, 0.29) is 5.56 Å². The molecule has 0 unspecified atom stereocenters. The largest absolute Gasteiger partial charge is 0.368 e. The van der Waals surface area contributed by atoms with Crippen molar-refractivity contribution in [3.8, 4) is 0 Å². The molecule has 1 fully saturated rings. The van der Waals surface area contributed by atoms with Gasteiger partial charge in [0.05, 0.1) is 6.33 Å². The zero-order chi connectivity index (χ0) is 11.6. The lowest BCUT2D eigenvalue weighted by molar-refractivity contribution is 0.361. The molecule has 0 aromatic carbocycles. The van der Waals surface area contributed by atoms with Crippen LogP contribution in [0, 0.1) is 5.41 Å². The zero-order valence-electron chi connectivity index (χ0n) is 9.35. The first-order valence-corrected chi connectivity index (χ1v) is 6.37. The van der Waals surface area contributed by atoms with Gasteiger partial charge in [-0.3, -0.25) is 4.79 Å². The molecule has 1 aromatic rings. The Morgan fingerprint density at radius 3 is 2.94 bits per heavy atom. The van der Waals surface area contributed by atoms with Gasteiger partial charge in [-0.15, -0.1) is 0 Å². The molecule has 4 nitrogen and oxygen atoms in total. The Morgan fingerprint density at radius 1 is 1.56 bits per heavy atom. The fraction of sp³-hybridized carbons (Fsp3) is 0.636. The summed E-state index contributed by atoms with van der Waals surface area (Å²) in [6.07, 6.45) is 6.54. The predicted molar refractivity (Wildman–Crippen MR) is 67.6 cm³/mol. The second-order valence-corrected chi connectivity index (χ2v) is 5.56. The molecule has 0 atom stereocenters. The molecule has 1 aliphatic carbocycles. The molecule has 1 heterocycles. The molecule has 1 saturated carbocycles. The van der Waals surface area contributed by atoms with Crippen LogP contribution in [-0.2, 0) is 0 Å². The molecule has 0 aliphatic heterocycles. The fourth-order valence-corrected chi connectivity index (χ4v) is 2.57. The predicted octanol–water partition coefficient (Wildman–Crippen LogP) is 2.52. The van der Waals surface area contributed by atoms with Gasteiger partial charge in [-0.25, -0.2) is 4.98 Å². The van der Waals surface area contributed by atoms with Gasteiger partial charge < -0.3 is 10.3 Å². The quantitative estimate of drug-likeness (QED) is 0.897. The van der Waals surface area contributed by atoms with Crippen molar-refractivity contribution < 1.29 is 0 Å². The maximum Gasteiger partial charge on any atom is 0.267 e. The van der Waals surface area contributed by atoms with Crippen molar-refractivity contribution in [2.24, 2.45) is 5.41 Å². The van der Waals surface area contributed by atoms with Crippen LogP contribution in [0.5, 0.6) is 0 Å². The Morgan fingerprint density at radius 2 is 2.25 bits per heavy atom. The Labute approximate surface area is 103 Å². The minimum Gasteiger partial charge on any atom is -0.368 e. The first-order chi connectivity index (χ1) is 7.61. The lowest BCUT2D eigenvalue weighted by Gasteiger charge is -2.24. The third-order valence-corrected chi connectivity index (χ3v) is 4.03. The lowest BCUT2D eigenvalue weighted by Crippen LogP contribution is -2.24. The van der Waals surface area contributed by atoms with Crippen molar-refractivity contribution in [2.45, 2.75) is 32.6 Å². The molecule has 0 saturated heterocycles. The van der Waals surface area contributed by atoms with Crippen LogP contribution >= 0.6 is 15.9 Å². The average Bonchev–Trinajstić information content (AvgIpc) is 2.68. The Balaban J connectivity index is 2.04. The molecule has 0 bridgehead atoms. The highest BCUT2D eigenvalue weighted by molar-refractivity contribution is 9.10.